The van der Waals surface area contributed by atoms with Gasteiger partial charge >= 0.3 is 0 Å². The number of amides is 1. The highest BCUT2D eigenvalue weighted by atomic mass is 32.1. The number of thiazole rings is 1. The highest BCUT2D eigenvalue weighted by Crippen LogP contribution is 2.23. The molecule has 1 aliphatic heterocycles. The number of piperidine rings is 1. The lowest BCUT2D eigenvalue weighted by Gasteiger charge is -2.36. The van der Waals surface area contributed by atoms with Crippen molar-refractivity contribution in [2.45, 2.75) is 32.2 Å². The Morgan fingerprint density at radius 2 is 2.21 bits per heavy atom. The van der Waals surface area contributed by atoms with Gasteiger partial charge in [0.05, 0.1) is 12.1 Å². The van der Waals surface area contributed by atoms with Gasteiger partial charge in [0.15, 0.2) is 0 Å². The molecule has 128 valence electrons. The zero-order chi connectivity index (χ0) is 16.9. The molecule has 0 radical (unpaired) electrons. The van der Waals surface area contributed by atoms with E-state index < -0.39 is 0 Å². The zero-order valence-electron chi connectivity index (χ0n) is 14.3. The minimum Gasteiger partial charge on any atom is -0.342 e. The van der Waals surface area contributed by atoms with Crippen LogP contribution in [-0.4, -0.2) is 58.4 Å². The molecule has 0 bridgehead atoms. The lowest BCUT2D eigenvalue weighted by Crippen LogP contribution is -2.45. The van der Waals surface area contributed by atoms with Gasteiger partial charge < -0.3 is 9.80 Å². The molecule has 3 heterocycles. The lowest BCUT2D eigenvalue weighted by atomic mass is 10.0. The second-order valence-electron chi connectivity index (χ2n) is 6.23. The maximum atomic E-state index is 12.6. The summed E-state index contributed by atoms with van der Waals surface area (Å²) in [5.41, 5.74) is 1.85. The Kier molecular flexibility index (Phi) is 5.58. The van der Waals surface area contributed by atoms with Crippen molar-refractivity contribution >= 4 is 17.2 Å². The maximum Gasteiger partial charge on any atom is 0.228 e. The van der Waals surface area contributed by atoms with Gasteiger partial charge in [0, 0.05) is 49.5 Å². The van der Waals surface area contributed by atoms with Crippen molar-refractivity contribution < 1.29 is 4.79 Å². The van der Waals surface area contributed by atoms with Crippen LogP contribution in [0.15, 0.2) is 29.9 Å². The first-order valence-corrected chi connectivity index (χ1v) is 9.38. The molecule has 0 atom stereocenters. The van der Waals surface area contributed by atoms with Crippen LogP contribution in [0.5, 0.6) is 0 Å². The molecule has 1 fully saturated rings. The first-order chi connectivity index (χ1) is 11.7. The van der Waals surface area contributed by atoms with Gasteiger partial charge in [-0.05, 0) is 31.5 Å². The van der Waals surface area contributed by atoms with Crippen LogP contribution in [0.1, 0.15) is 25.5 Å². The molecule has 1 amide bonds. The molecule has 0 saturated carbocycles. The quantitative estimate of drug-likeness (QED) is 0.837. The van der Waals surface area contributed by atoms with Crippen molar-refractivity contribution in [3.63, 3.8) is 0 Å². The molecule has 1 saturated heterocycles. The number of carbonyl (C=O) groups excluding carboxylic acids is 1. The predicted molar refractivity (Wildman–Crippen MR) is 97.0 cm³/mol. The number of hydrogen-bond acceptors (Lipinski definition) is 5. The van der Waals surface area contributed by atoms with Gasteiger partial charge in [-0.15, -0.1) is 11.3 Å². The van der Waals surface area contributed by atoms with Crippen LogP contribution in [0, 0.1) is 0 Å². The normalized spacial score (nSPS) is 16.2. The molecule has 2 aromatic rings. The number of rotatable bonds is 5. The lowest BCUT2D eigenvalue weighted by molar-refractivity contribution is -0.132. The molecule has 3 rings (SSSR count). The van der Waals surface area contributed by atoms with E-state index in [1.54, 1.807) is 23.7 Å². The van der Waals surface area contributed by atoms with Gasteiger partial charge in [0.2, 0.25) is 5.91 Å². The summed E-state index contributed by atoms with van der Waals surface area (Å²) >= 11 is 1.57. The SMILES string of the molecule is CCN1CCC(N(C)C(=O)Cc2csc(-c3cccnc3)n2)CC1. The maximum absolute atomic E-state index is 12.6. The van der Waals surface area contributed by atoms with Gasteiger partial charge in [0.1, 0.15) is 5.01 Å². The van der Waals surface area contributed by atoms with Crippen LogP contribution < -0.4 is 0 Å². The predicted octanol–water partition coefficient (Wildman–Crippen LogP) is 2.69. The average molecular weight is 344 g/mol. The summed E-state index contributed by atoms with van der Waals surface area (Å²) in [5, 5.41) is 2.90. The van der Waals surface area contributed by atoms with E-state index >= 15 is 0 Å². The van der Waals surface area contributed by atoms with Crippen molar-refractivity contribution in [2.24, 2.45) is 0 Å². The molecule has 0 unspecified atom stereocenters. The molecule has 0 N–H and O–H groups in total. The summed E-state index contributed by atoms with van der Waals surface area (Å²) in [6.07, 6.45) is 6.06. The molecular formula is C18H24N4OS. The fraction of sp³-hybridized carbons (Fsp3) is 0.500. The second-order valence-corrected chi connectivity index (χ2v) is 7.09. The van der Waals surface area contributed by atoms with Crippen LogP contribution in [0.2, 0.25) is 0 Å². The standard InChI is InChI=1S/C18H24N4OS/c1-3-22-9-6-16(7-10-22)21(2)17(23)11-15-13-24-18(20-15)14-5-4-8-19-12-14/h4-5,8,12-13,16H,3,6-7,9-11H2,1-2H3. The third kappa shape index (κ3) is 3.99. The summed E-state index contributed by atoms with van der Waals surface area (Å²) in [5.74, 6) is 0.160. The Hall–Kier alpha value is -1.79. The Labute approximate surface area is 147 Å². The van der Waals surface area contributed by atoms with Gasteiger partial charge in [-0.2, -0.15) is 0 Å². The summed E-state index contributed by atoms with van der Waals surface area (Å²) < 4.78 is 0. The molecule has 0 aliphatic carbocycles. The minimum atomic E-state index is 0.160. The molecule has 0 spiro atoms. The average Bonchev–Trinajstić information content (AvgIpc) is 3.10. The van der Waals surface area contributed by atoms with Gasteiger partial charge in [0.25, 0.3) is 0 Å². The number of pyridine rings is 1. The molecule has 6 heteroatoms. The molecule has 1 aliphatic rings. The Balaban J connectivity index is 1.58. The molecule has 24 heavy (non-hydrogen) atoms. The van der Waals surface area contributed by atoms with E-state index in [2.05, 4.69) is 21.8 Å². The van der Waals surface area contributed by atoms with Crippen molar-refractivity contribution in [3.8, 4) is 10.6 Å². The third-order valence-electron chi connectivity index (χ3n) is 4.74. The van der Waals surface area contributed by atoms with Crippen LogP contribution in [-0.2, 0) is 11.2 Å². The first-order valence-electron chi connectivity index (χ1n) is 8.50. The Morgan fingerprint density at radius 1 is 1.42 bits per heavy atom. The fourth-order valence-corrected chi connectivity index (χ4v) is 3.93. The Bertz CT molecular complexity index is 665. The largest absolute Gasteiger partial charge is 0.342 e. The van der Waals surface area contributed by atoms with Crippen molar-refractivity contribution in [1.29, 1.82) is 0 Å². The molecular weight excluding hydrogens is 320 g/mol. The van der Waals surface area contributed by atoms with E-state index in [9.17, 15) is 4.79 Å². The van der Waals surface area contributed by atoms with E-state index in [1.807, 2.05) is 29.5 Å². The number of hydrogen-bond donors (Lipinski definition) is 0. The van der Waals surface area contributed by atoms with Gasteiger partial charge in [-0.25, -0.2) is 4.98 Å². The first kappa shape index (κ1) is 17.0. The van der Waals surface area contributed by atoms with Crippen LogP contribution in [0.25, 0.3) is 10.6 Å². The van der Waals surface area contributed by atoms with Gasteiger partial charge in [-0.3, -0.25) is 9.78 Å². The van der Waals surface area contributed by atoms with Crippen molar-refractivity contribution in [1.82, 2.24) is 19.8 Å². The summed E-state index contributed by atoms with van der Waals surface area (Å²) in [7, 11) is 1.93. The second kappa shape index (κ2) is 7.85. The van der Waals surface area contributed by atoms with Crippen molar-refractivity contribution in [3.05, 3.63) is 35.6 Å². The summed E-state index contributed by atoms with van der Waals surface area (Å²) in [4.78, 5) is 25.7. The third-order valence-corrected chi connectivity index (χ3v) is 5.68. The monoisotopic (exact) mass is 344 g/mol. The highest BCUT2D eigenvalue weighted by Gasteiger charge is 2.25. The number of likely N-dealkylation sites (N-methyl/N-ethyl adjacent to an activating group) is 1. The molecule has 2 aromatic heterocycles. The van der Waals surface area contributed by atoms with E-state index in [4.69, 9.17) is 0 Å². The topological polar surface area (TPSA) is 49.3 Å². The van der Waals surface area contributed by atoms with E-state index in [1.165, 1.54) is 0 Å². The van der Waals surface area contributed by atoms with E-state index in [0.29, 0.717) is 12.5 Å². The number of likely N-dealkylation sites (tertiary alicyclic amines) is 1. The van der Waals surface area contributed by atoms with Crippen molar-refractivity contribution in [2.75, 3.05) is 26.7 Å². The van der Waals surface area contributed by atoms with Crippen LogP contribution >= 0.6 is 11.3 Å². The van der Waals surface area contributed by atoms with Crippen LogP contribution in [0.3, 0.4) is 0 Å². The highest BCUT2D eigenvalue weighted by molar-refractivity contribution is 7.13. The molecule has 0 aromatic carbocycles. The fourth-order valence-electron chi connectivity index (χ4n) is 3.12. The smallest absolute Gasteiger partial charge is 0.228 e. The van der Waals surface area contributed by atoms with Gasteiger partial charge in [-0.1, -0.05) is 6.92 Å². The zero-order valence-corrected chi connectivity index (χ0v) is 15.1. The van der Waals surface area contributed by atoms with E-state index in [0.717, 1.165) is 48.7 Å². The Morgan fingerprint density at radius 3 is 2.88 bits per heavy atom. The molecule has 5 nitrogen and oxygen atoms in total. The summed E-state index contributed by atoms with van der Waals surface area (Å²) in [6, 6.07) is 4.25. The number of carbonyl (C=O) groups is 1. The minimum absolute atomic E-state index is 0.160. The summed E-state index contributed by atoms with van der Waals surface area (Å²) in [6.45, 7) is 5.46. The van der Waals surface area contributed by atoms with Crippen LogP contribution in [0.4, 0.5) is 0 Å². The van der Waals surface area contributed by atoms with E-state index in [-0.39, 0.29) is 5.91 Å². The number of aromatic nitrogens is 2. The number of nitrogens with zero attached hydrogens (tertiary/aromatic N) is 4.